The van der Waals surface area contributed by atoms with Crippen LogP contribution in [0.3, 0.4) is 0 Å². The zero-order valence-electron chi connectivity index (χ0n) is 4.01. The van der Waals surface area contributed by atoms with Gasteiger partial charge in [0, 0.05) is 0 Å². The van der Waals surface area contributed by atoms with E-state index in [1.54, 1.807) is 0 Å². The Bertz CT molecular complexity index is 27.2. The summed E-state index contributed by atoms with van der Waals surface area (Å²) in [7, 11) is 0. The van der Waals surface area contributed by atoms with Crippen molar-refractivity contribution >= 4 is 0 Å². The van der Waals surface area contributed by atoms with Gasteiger partial charge in [0.25, 0.3) is 0 Å². The summed E-state index contributed by atoms with van der Waals surface area (Å²) in [5.41, 5.74) is 0. The maximum atomic E-state index is 9.69. The number of alkyl halides is 4. The second-order valence-corrected chi connectivity index (χ2v) is 0.429. The average Bonchev–Trinajstić information content (AvgIpc) is 0.722. The molecule has 0 radical (unpaired) electrons. The van der Waals surface area contributed by atoms with Gasteiger partial charge in [-0.15, -0.1) is 17.6 Å². The van der Waals surface area contributed by atoms with E-state index in [4.69, 9.17) is 0 Å². The SMILES string of the molecule is FC(F)(F)F.[H-].[K+]. The third kappa shape index (κ3) is 55.3. The van der Waals surface area contributed by atoms with Crippen molar-refractivity contribution in [3.8, 4) is 0 Å². The monoisotopic (exact) mass is 128 g/mol. The van der Waals surface area contributed by atoms with Gasteiger partial charge in [0.15, 0.2) is 0 Å². The van der Waals surface area contributed by atoms with Crippen LogP contribution in [-0.4, -0.2) is 6.43 Å². The predicted octanol–water partition coefficient (Wildman–Crippen LogP) is -1.41. The van der Waals surface area contributed by atoms with Gasteiger partial charge >= 0.3 is 57.8 Å². The minimum Gasteiger partial charge on any atom is -1.00 e. The first-order valence-electron chi connectivity index (χ1n) is 0.756. The van der Waals surface area contributed by atoms with Gasteiger partial charge in [0.1, 0.15) is 0 Å². The molecule has 0 aromatic heterocycles. The second-order valence-electron chi connectivity index (χ2n) is 0.429. The summed E-state index contributed by atoms with van der Waals surface area (Å²) in [6, 6.07) is 0. The molecule has 0 nitrogen and oxygen atoms in total. The topological polar surface area (TPSA) is 0 Å². The van der Waals surface area contributed by atoms with Gasteiger partial charge in [-0.2, -0.15) is 0 Å². The zero-order valence-corrected chi connectivity index (χ0v) is 6.13. The van der Waals surface area contributed by atoms with Crippen LogP contribution in [0, 0.1) is 0 Å². The minimum atomic E-state index is -5.50. The van der Waals surface area contributed by atoms with Crippen molar-refractivity contribution < 1.29 is 70.4 Å². The molecule has 0 rings (SSSR count). The summed E-state index contributed by atoms with van der Waals surface area (Å²) in [6.45, 7) is 0. The van der Waals surface area contributed by atoms with Gasteiger partial charge in [-0.3, -0.25) is 0 Å². The fourth-order valence-electron chi connectivity index (χ4n) is 0. The van der Waals surface area contributed by atoms with E-state index in [0.717, 1.165) is 0 Å². The van der Waals surface area contributed by atoms with Crippen LogP contribution >= 0.6 is 0 Å². The Morgan fingerprint density at radius 2 is 1.00 bits per heavy atom. The third-order valence-electron chi connectivity index (χ3n) is 0. The largest absolute Gasteiger partial charge is 1.00 e. The van der Waals surface area contributed by atoms with Gasteiger partial charge in [0.2, 0.25) is 0 Å². The quantitative estimate of drug-likeness (QED) is 0.278. The molecule has 0 aliphatic heterocycles. The molecule has 34 valence electrons. The Kier molecular flexibility index (Phi) is 5.82. The summed E-state index contributed by atoms with van der Waals surface area (Å²) >= 11 is 0. The molecule has 0 amide bonds. The summed E-state index contributed by atoms with van der Waals surface area (Å²) in [4.78, 5) is 0. The summed E-state index contributed by atoms with van der Waals surface area (Å²) in [5.74, 6) is 0. The maximum Gasteiger partial charge on any atom is 1.00 e. The van der Waals surface area contributed by atoms with E-state index in [2.05, 4.69) is 0 Å². The summed E-state index contributed by atoms with van der Waals surface area (Å²) in [5, 5.41) is 0. The number of hydrogen-bond donors (Lipinski definition) is 0. The standard InChI is InChI=1S/CF4.K.H/c2-1(3,4)5;;/q;+1;-1. The fourth-order valence-corrected chi connectivity index (χ4v) is 0. The Morgan fingerprint density at radius 3 is 1.00 bits per heavy atom. The number of hydrogen-bond acceptors (Lipinski definition) is 0. The van der Waals surface area contributed by atoms with Gasteiger partial charge < -0.3 is 1.43 Å². The van der Waals surface area contributed by atoms with Crippen LogP contribution in [0.5, 0.6) is 0 Å². The van der Waals surface area contributed by atoms with Crippen LogP contribution in [-0.2, 0) is 0 Å². The molecule has 6 heavy (non-hydrogen) atoms. The van der Waals surface area contributed by atoms with E-state index >= 15 is 0 Å². The molecule has 0 aromatic carbocycles. The van der Waals surface area contributed by atoms with Crippen LogP contribution in [0.2, 0.25) is 0 Å². The first-order chi connectivity index (χ1) is 2.00. The Balaban J connectivity index is -0.0000000800. The normalized spacial score (nSPS) is 10.0. The first kappa shape index (κ1) is 10.4. The molecule has 0 aromatic rings. The molecule has 0 saturated heterocycles. The fraction of sp³-hybridized carbons (Fsp3) is 1.00. The maximum absolute atomic E-state index is 9.69. The Labute approximate surface area is 75.8 Å². The van der Waals surface area contributed by atoms with Crippen molar-refractivity contribution in [1.29, 1.82) is 0 Å². The van der Waals surface area contributed by atoms with Gasteiger partial charge in [0.05, 0.1) is 0 Å². The van der Waals surface area contributed by atoms with E-state index in [1.807, 2.05) is 0 Å². The zero-order chi connectivity index (χ0) is 4.50. The van der Waals surface area contributed by atoms with Crippen LogP contribution in [0.4, 0.5) is 17.6 Å². The van der Waals surface area contributed by atoms with Crippen molar-refractivity contribution in [2.24, 2.45) is 0 Å². The minimum absolute atomic E-state index is 0. The van der Waals surface area contributed by atoms with Crippen LogP contribution in [0.15, 0.2) is 0 Å². The van der Waals surface area contributed by atoms with E-state index < -0.39 is 6.43 Å². The first-order valence-corrected chi connectivity index (χ1v) is 0.756. The molecule has 0 spiro atoms. The molecular weight excluding hydrogens is 127 g/mol. The molecule has 0 unspecified atom stereocenters. The molecule has 0 saturated carbocycles. The molecule has 0 fully saturated rings. The van der Waals surface area contributed by atoms with Gasteiger partial charge in [-0.05, 0) is 0 Å². The average molecular weight is 128 g/mol. The van der Waals surface area contributed by atoms with Crippen LogP contribution in [0.25, 0.3) is 0 Å². The molecule has 0 aliphatic carbocycles. The van der Waals surface area contributed by atoms with Crippen molar-refractivity contribution in [3.05, 3.63) is 0 Å². The summed E-state index contributed by atoms with van der Waals surface area (Å²) < 4.78 is 38.8. The number of halogens is 4. The molecule has 0 heterocycles. The smallest absolute Gasteiger partial charge is 1.00 e. The van der Waals surface area contributed by atoms with Crippen molar-refractivity contribution in [2.45, 2.75) is 6.43 Å². The van der Waals surface area contributed by atoms with Gasteiger partial charge in [-0.25, -0.2) is 0 Å². The third-order valence-corrected chi connectivity index (χ3v) is 0. The molecule has 0 N–H and O–H groups in total. The Morgan fingerprint density at radius 1 is 1.00 bits per heavy atom. The van der Waals surface area contributed by atoms with Crippen LogP contribution in [0.1, 0.15) is 1.43 Å². The van der Waals surface area contributed by atoms with Crippen molar-refractivity contribution in [3.63, 3.8) is 0 Å². The van der Waals surface area contributed by atoms with E-state index in [0.29, 0.717) is 0 Å². The Hall–Kier alpha value is 1.36. The van der Waals surface area contributed by atoms with E-state index in [-0.39, 0.29) is 52.8 Å². The molecule has 0 bridgehead atoms. The van der Waals surface area contributed by atoms with E-state index in [9.17, 15) is 17.6 Å². The van der Waals surface area contributed by atoms with Gasteiger partial charge in [-0.1, -0.05) is 0 Å². The summed E-state index contributed by atoms with van der Waals surface area (Å²) in [6.07, 6.45) is -5.50. The van der Waals surface area contributed by atoms with E-state index in [1.165, 1.54) is 0 Å². The van der Waals surface area contributed by atoms with Crippen LogP contribution < -0.4 is 51.4 Å². The predicted molar refractivity (Wildman–Crippen MR) is 8.28 cm³/mol. The molecule has 0 atom stereocenters. The van der Waals surface area contributed by atoms with Crippen molar-refractivity contribution in [1.82, 2.24) is 0 Å². The van der Waals surface area contributed by atoms with Crippen molar-refractivity contribution in [2.75, 3.05) is 0 Å². The second kappa shape index (κ2) is 3.37. The molecular formula is CHF4K. The number of rotatable bonds is 0. The molecule has 0 aliphatic rings. The molecule has 5 heteroatoms.